The molecule has 0 saturated heterocycles. The third-order valence-electron chi connectivity index (χ3n) is 4.00. The number of hydrogen-bond donors (Lipinski definition) is 1. The molecule has 0 atom stereocenters. The molecule has 6 nitrogen and oxygen atoms in total. The van der Waals surface area contributed by atoms with E-state index in [2.05, 4.69) is 10.5 Å². The van der Waals surface area contributed by atoms with E-state index in [0.717, 1.165) is 5.56 Å². The molecule has 3 aromatic carbocycles. The maximum Gasteiger partial charge on any atom is 0.343 e. The molecule has 29 heavy (non-hydrogen) atoms. The number of rotatable bonds is 7. The molecule has 0 aliphatic carbocycles. The van der Waals surface area contributed by atoms with Crippen LogP contribution in [0.3, 0.4) is 0 Å². The van der Waals surface area contributed by atoms with Gasteiger partial charge in [0.25, 0.3) is 0 Å². The maximum absolute atomic E-state index is 12.2. The van der Waals surface area contributed by atoms with Gasteiger partial charge in [0.15, 0.2) is 0 Å². The molecule has 3 rings (SSSR count). The number of carbonyl (C=O) groups excluding carboxylic acids is 2. The van der Waals surface area contributed by atoms with Crippen molar-refractivity contribution in [3.05, 3.63) is 95.6 Å². The van der Waals surface area contributed by atoms with Gasteiger partial charge in [-0.05, 0) is 47.5 Å². The van der Waals surface area contributed by atoms with Crippen LogP contribution in [0, 0.1) is 0 Å². The van der Waals surface area contributed by atoms with Crippen molar-refractivity contribution in [3.63, 3.8) is 0 Å². The Kier molecular flexibility index (Phi) is 6.73. The van der Waals surface area contributed by atoms with Crippen LogP contribution >= 0.6 is 0 Å². The Hall–Kier alpha value is -3.93. The summed E-state index contributed by atoms with van der Waals surface area (Å²) in [6.07, 6.45) is 1.74. The summed E-state index contributed by atoms with van der Waals surface area (Å²) < 4.78 is 10.5. The minimum absolute atomic E-state index is 0.213. The molecule has 3 aromatic rings. The van der Waals surface area contributed by atoms with E-state index >= 15 is 0 Å². The van der Waals surface area contributed by atoms with Crippen LogP contribution < -0.4 is 14.9 Å². The molecule has 0 fully saturated rings. The second-order valence-corrected chi connectivity index (χ2v) is 6.15. The van der Waals surface area contributed by atoms with Crippen molar-refractivity contribution in [1.29, 1.82) is 0 Å². The standard InChI is InChI=1S/C23H20N2O4/c1-28-20-12-10-19(11-13-20)23(27)29-21-9-5-8-18(14-21)16-24-25-22(26)15-17-6-3-2-4-7-17/h2-14,16H,15H2,1H3,(H,25,26)/b24-16+. The van der Waals surface area contributed by atoms with E-state index in [-0.39, 0.29) is 12.3 Å². The van der Waals surface area contributed by atoms with E-state index in [4.69, 9.17) is 9.47 Å². The highest BCUT2D eigenvalue weighted by molar-refractivity contribution is 5.91. The zero-order chi connectivity index (χ0) is 20.5. The van der Waals surface area contributed by atoms with E-state index in [0.29, 0.717) is 22.6 Å². The quantitative estimate of drug-likeness (QED) is 0.290. The fourth-order valence-corrected chi connectivity index (χ4v) is 2.55. The summed E-state index contributed by atoms with van der Waals surface area (Å²) in [6.45, 7) is 0. The normalized spacial score (nSPS) is 10.5. The van der Waals surface area contributed by atoms with Gasteiger partial charge in [0.1, 0.15) is 11.5 Å². The van der Waals surface area contributed by atoms with Gasteiger partial charge >= 0.3 is 5.97 Å². The molecular weight excluding hydrogens is 368 g/mol. The summed E-state index contributed by atoms with van der Waals surface area (Å²) >= 11 is 0. The number of esters is 1. The van der Waals surface area contributed by atoms with E-state index in [1.165, 1.54) is 6.21 Å². The van der Waals surface area contributed by atoms with Crippen LogP contribution in [-0.2, 0) is 11.2 Å². The van der Waals surface area contributed by atoms with Gasteiger partial charge in [-0.2, -0.15) is 5.10 Å². The van der Waals surface area contributed by atoms with Crippen LogP contribution in [-0.4, -0.2) is 25.2 Å². The summed E-state index contributed by atoms with van der Waals surface area (Å²) in [6, 6.07) is 22.9. The Labute approximate surface area is 168 Å². The molecule has 0 aliphatic heterocycles. The van der Waals surface area contributed by atoms with Crippen molar-refractivity contribution in [2.75, 3.05) is 7.11 Å². The van der Waals surface area contributed by atoms with E-state index in [1.54, 1.807) is 55.6 Å². The smallest absolute Gasteiger partial charge is 0.343 e. The topological polar surface area (TPSA) is 77.0 Å². The van der Waals surface area contributed by atoms with Gasteiger partial charge in [0.05, 0.1) is 25.3 Å². The molecule has 0 saturated carbocycles. The molecule has 0 unspecified atom stereocenters. The first kappa shape index (κ1) is 19.8. The van der Waals surface area contributed by atoms with Gasteiger partial charge in [-0.25, -0.2) is 10.2 Å². The first-order valence-electron chi connectivity index (χ1n) is 8.96. The van der Waals surface area contributed by atoms with E-state index < -0.39 is 5.97 Å². The summed E-state index contributed by atoms with van der Waals surface area (Å²) in [5.74, 6) is 0.354. The molecule has 0 heterocycles. The number of nitrogens with zero attached hydrogens (tertiary/aromatic N) is 1. The van der Waals surface area contributed by atoms with Crippen molar-refractivity contribution in [2.45, 2.75) is 6.42 Å². The molecule has 0 spiro atoms. The molecule has 0 aliphatic rings. The Bertz CT molecular complexity index is 999. The zero-order valence-corrected chi connectivity index (χ0v) is 15.9. The lowest BCUT2D eigenvalue weighted by atomic mass is 10.1. The number of methoxy groups -OCH3 is 1. The molecule has 0 aromatic heterocycles. The minimum Gasteiger partial charge on any atom is -0.497 e. The van der Waals surface area contributed by atoms with Crippen LogP contribution in [0.15, 0.2) is 84.0 Å². The predicted molar refractivity (Wildman–Crippen MR) is 110 cm³/mol. The fraction of sp³-hybridized carbons (Fsp3) is 0.0870. The van der Waals surface area contributed by atoms with Gasteiger partial charge in [-0.15, -0.1) is 0 Å². The summed E-state index contributed by atoms with van der Waals surface area (Å²) in [5, 5.41) is 3.96. The van der Waals surface area contributed by atoms with Crippen LogP contribution in [0.25, 0.3) is 0 Å². The number of hydrogen-bond acceptors (Lipinski definition) is 5. The average Bonchev–Trinajstić information content (AvgIpc) is 2.75. The number of carbonyl (C=O) groups is 2. The van der Waals surface area contributed by atoms with Crippen molar-refractivity contribution < 1.29 is 19.1 Å². The van der Waals surface area contributed by atoms with Gasteiger partial charge in [0, 0.05) is 0 Å². The third-order valence-corrected chi connectivity index (χ3v) is 4.00. The second-order valence-electron chi connectivity index (χ2n) is 6.15. The number of hydrazone groups is 1. The Morgan fingerprint density at radius 2 is 1.69 bits per heavy atom. The number of nitrogens with one attached hydrogen (secondary N) is 1. The SMILES string of the molecule is COc1ccc(C(=O)Oc2cccc(/C=N/NC(=O)Cc3ccccc3)c2)cc1. The monoisotopic (exact) mass is 388 g/mol. The molecule has 146 valence electrons. The highest BCUT2D eigenvalue weighted by Gasteiger charge is 2.09. The number of ether oxygens (including phenoxy) is 2. The van der Waals surface area contributed by atoms with Gasteiger partial charge in [0.2, 0.25) is 5.91 Å². The van der Waals surface area contributed by atoms with Crippen LogP contribution in [0.1, 0.15) is 21.5 Å². The molecular formula is C23H20N2O4. The van der Waals surface area contributed by atoms with Crippen LogP contribution in [0.2, 0.25) is 0 Å². The Balaban J connectivity index is 1.56. The van der Waals surface area contributed by atoms with Gasteiger partial charge < -0.3 is 9.47 Å². The first-order valence-corrected chi connectivity index (χ1v) is 8.96. The highest BCUT2D eigenvalue weighted by atomic mass is 16.5. The van der Waals surface area contributed by atoms with E-state index in [1.807, 2.05) is 30.3 Å². The minimum atomic E-state index is -0.474. The summed E-state index contributed by atoms with van der Waals surface area (Å²) in [5.41, 5.74) is 4.50. The Morgan fingerprint density at radius 1 is 0.931 bits per heavy atom. The van der Waals surface area contributed by atoms with Crippen molar-refractivity contribution in [2.24, 2.45) is 5.10 Å². The lowest BCUT2D eigenvalue weighted by Crippen LogP contribution is -2.19. The van der Waals surface area contributed by atoms with Crippen LogP contribution in [0.5, 0.6) is 11.5 Å². The third kappa shape index (κ3) is 6.04. The first-order chi connectivity index (χ1) is 14.1. The average molecular weight is 388 g/mol. The molecule has 1 N–H and O–H groups in total. The maximum atomic E-state index is 12.2. The lowest BCUT2D eigenvalue weighted by Gasteiger charge is -2.06. The Morgan fingerprint density at radius 3 is 2.41 bits per heavy atom. The summed E-state index contributed by atoms with van der Waals surface area (Å²) in [7, 11) is 1.56. The summed E-state index contributed by atoms with van der Waals surface area (Å²) in [4.78, 5) is 24.2. The van der Waals surface area contributed by atoms with E-state index in [9.17, 15) is 9.59 Å². The van der Waals surface area contributed by atoms with Crippen molar-refractivity contribution in [1.82, 2.24) is 5.43 Å². The zero-order valence-electron chi connectivity index (χ0n) is 15.9. The van der Waals surface area contributed by atoms with Crippen LogP contribution in [0.4, 0.5) is 0 Å². The molecule has 1 amide bonds. The van der Waals surface area contributed by atoms with Crippen molar-refractivity contribution >= 4 is 18.1 Å². The fourth-order valence-electron chi connectivity index (χ4n) is 2.55. The van der Waals surface area contributed by atoms with Gasteiger partial charge in [-0.3, -0.25) is 4.79 Å². The molecule has 6 heteroatoms. The van der Waals surface area contributed by atoms with Crippen molar-refractivity contribution in [3.8, 4) is 11.5 Å². The van der Waals surface area contributed by atoms with Gasteiger partial charge in [-0.1, -0.05) is 42.5 Å². The predicted octanol–water partition coefficient (Wildman–Crippen LogP) is 3.61. The lowest BCUT2D eigenvalue weighted by molar-refractivity contribution is -0.120. The molecule has 0 radical (unpaired) electrons. The molecule has 0 bridgehead atoms. The number of amides is 1. The number of benzene rings is 3. The largest absolute Gasteiger partial charge is 0.497 e. The second kappa shape index (κ2) is 9.85. The highest BCUT2D eigenvalue weighted by Crippen LogP contribution is 2.16.